The van der Waals surface area contributed by atoms with Crippen LogP contribution in [0.4, 0.5) is 5.13 Å². The predicted octanol–water partition coefficient (Wildman–Crippen LogP) is 3.94. The van der Waals surface area contributed by atoms with Crippen molar-refractivity contribution in [1.82, 2.24) is 14.8 Å². The Morgan fingerprint density at radius 2 is 1.96 bits per heavy atom. The normalized spacial score (nSPS) is 17.1. The zero-order chi connectivity index (χ0) is 17.6. The molecule has 1 aliphatic carbocycles. The summed E-state index contributed by atoms with van der Waals surface area (Å²) in [6, 6.07) is 0. The van der Waals surface area contributed by atoms with Gasteiger partial charge in [0.25, 0.3) is 0 Å². The van der Waals surface area contributed by atoms with E-state index in [0.717, 1.165) is 63.1 Å². The molecular weight excluding hydrogens is 328 g/mol. The van der Waals surface area contributed by atoms with Gasteiger partial charge in [-0.2, -0.15) is 0 Å². The molecule has 0 radical (unpaired) electrons. The van der Waals surface area contributed by atoms with Gasteiger partial charge in [0.2, 0.25) is 0 Å². The highest BCUT2D eigenvalue weighted by Gasteiger charge is 2.22. The van der Waals surface area contributed by atoms with Gasteiger partial charge in [0.15, 0.2) is 5.13 Å². The third-order valence-electron chi connectivity index (χ3n) is 4.88. The van der Waals surface area contributed by atoms with E-state index in [2.05, 4.69) is 59.4 Å². The van der Waals surface area contributed by atoms with E-state index in [1.807, 2.05) is 11.3 Å². The lowest BCUT2D eigenvalue weighted by atomic mass is 10.2. The van der Waals surface area contributed by atoms with Gasteiger partial charge in [-0.05, 0) is 38.1 Å². The summed E-state index contributed by atoms with van der Waals surface area (Å²) in [7, 11) is 0. The number of likely N-dealkylation sites (N-methyl/N-ethyl adjacent to an activating group) is 1. The number of allylic oxidation sites excluding steroid dienone is 2. The number of hydrogen-bond acceptors (Lipinski definition) is 5. The number of nitrogens with zero attached hydrogens (tertiary/aromatic N) is 4. The van der Waals surface area contributed by atoms with E-state index >= 15 is 0 Å². The van der Waals surface area contributed by atoms with Crippen LogP contribution in [-0.4, -0.2) is 60.6 Å². The van der Waals surface area contributed by atoms with E-state index in [0.29, 0.717) is 0 Å². The summed E-state index contributed by atoms with van der Waals surface area (Å²) in [5.41, 5.74) is 2.38. The van der Waals surface area contributed by atoms with Crippen molar-refractivity contribution >= 4 is 28.6 Å². The van der Waals surface area contributed by atoms with Gasteiger partial charge in [-0.15, -0.1) is 0 Å². The minimum atomic E-state index is 0.992. The van der Waals surface area contributed by atoms with Gasteiger partial charge in [0.05, 0.1) is 10.6 Å². The molecule has 25 heavy (non-hydrogen) atoms. The van der Waals surface area contributed by atoms with Gasteiger partial charge in [-0.25, -0.2) is 4.98 Å². The molecule has 1 aliphatic heterocycles. The molecule has 136 valence electrons. The van der Waals surface area contributed by atoms with Crippen molar-refractivity contribution in [3.8, 4) is 0 Å². The van der Waals surface area contributed by atoms with Crippen molar-refractivity contribution in [2.45, 2.75) is 26.7 Å². The van der Waals surface area contributed by atoms with E-state index < -0.39 is 0 Å². The van der Waals surface area contributed by atoms with Crippen molar-refractivity contribution in [2.75, 3.05) is 50.7 Å². The quantitative estimate of drug-likeness (QED) is 0.736. The highest BCUT2D eigenvalue weighted by atomic mass is 32.1. The largest absolute Gasteiger partial charge is 0.371 e. The third kappa shape index (κ3) is 4.53. The Labute approximate surface area is 156 Å². The molecule has 0 spiro atoms. The van der Waals surface area contributed by atoms with E-state index in [-0.39, 0.29) is 0 Å². The summed E-state index contributed by atoms with van der Waals surface area (Å²) in [4.78, 5) is 13.5. The summed E-state index contributed by atoms with van der Waals surface area (Å²) < 4.78 is 0. The van der Waals surface area contributed by atoms with E-state index in [9.17, 15) is 0 Å². The molecule has 1 aromatic heterocycles. The summed E-state index contributed by atoms with van der Waals surface area (Å²) >= 11 is 1.81. The monoisotopic (exact) mass is 358 g/mol. The fraction of sp³-hybridized carbons (Fsp3) is 0.550. The average molecular weight is 359 g/mol. The average Bonchev–Trinajstić information content (AvgIpc) is 2.92. The first-order valence-electron chi connectivity index (χ1n) is 9.45. The maximum atomic E-state index is 4.85. The van der Waals surface area contributed by atoms with Crippen LogP contribution in [0.3, 0.4) is 0 Å². The number of anilines is 1. The smallest absolute Gasteiger partial charge is 0.186 e. The first-order valence-corrected chi connectivity index (χ1v) is 10.3. The molecular formula is C20H30N4S. The minimum Gasteiger partial charge on any atom is -0.371 e. The van der Waals surface area contributed by atoms with Gasteiger partial charge in [0.1, 0.15) is 0 Å². The van der Waals surface area contributed by atoms with Gasteiger partial charge < -0.3 is 9.80 Å². The van der Waals surface area contributed by atoms with Crippen LogP contribution in [0, 0.1) is 0 Å². The van der Waals surface area contributed by atoms with Crippen LogP contribution in [0.25, 0.3) is 12.2 Å². The van der Waals surface area contributed by atoms with Crippen molar-refractivity contribution < 1.29 is 0 Å². The van der Waals surface area contributed by atoms with Crippen LogP contribution in [0.2, 0.25) is 0 Å². The van der Waals surface area contributed by atoms with Crippen LogP contribution in [0.5, 0.6) is 0 Å². The molecule has 2 heterocycles. The van der Waals surface area contributed by atoms with Gasteiger partial charge in [-0.1, -0.05) is 43.9 Å². The number of hydrogen-bond donors (Lipinski definition) is 0. The summed E-state index contributed by atoms with van der Waals surface area (Å²) in [6.07, 6.45) is 11.0. The van der Waals surface area contributed by atoms with Gasteiger partial charge in [0, 0.05) is 38.4 Å². The first kappa shape index (κ1) is 18.2. The second kappa shape index (κ2) is 8.68. The Morgan fingerprint density at radius 3 is 2.68 bits per heavy atom. The lowest BCUT2D eigenvalue weighted by Gasteiger charge is -2.38. The summed E-state index contributed by atoms with van der Waals surface area (Å²) in [6.45, 7) is 16.2. The topological polar surface area (TPSA) is 22.6 Å². The number of thiazole rings is 1. The van der Waals surface area contributed by atoms with E-state index in [1.54, 1.807) is 0 Å². The molecule has 3 rings (SSSR count). The number of fused-ring (bicyclic) bond motifs is 1. The maximum absolute atomic E-state index is 4.85. The molecule has 1 aromatic rings. The molecule has 2 aliphatic rings. The molecule has 0 N–H and O–H groups in total. The Bertz CT molecular complexity index is 609. The maximum Gasteiger partial charge on any atom is 0.186 e. The lowest BCUT2D eigenvalue weighted by molar-refractivity contribution is 0.250. The molecule has 0 saturated carbocycles. The first-order chi connectivity index (χ1) is 12.2. The second-order valence-electron chi connectivity index (χ2n) is 6.70. The number of aromatic nitrogens is 1. The Morgan fingerprint density at radius 1 is 1.20 bits per heavy atom. The van der Waals surface area contributed by atoms with Crippen molar-refractivity contribution in [3.63, 3.8) is 0 Å². The Kier molecular flexibility index (Phi) is 6.32. The van der Waals surface area contributed by atoms with Crippen molar-refractivity contribution in [1.29, 1.82) is 0 Å². The van der Waals surface area contributed by atoms with Crippen molar-refractivity contribution in [2.24, 2.45) is 0 Å². The minimum absolute atomic E-state index is 0.992. The number of rotatable bonds is 7. The fourth-order valence-corrected chi connectivity index (χ4v) is 4.41. The summed E-state index contributed by atoms with van der Waals surface area (Å²) in [5.74, 6) is 0. The van der Waals surface area contributed by atoms with Crippen LogP contribution < -0.4 is 4.90 Å². The predicted molar refractivity (Wildman–Crippen MR) is 110 cm³/mol. The fourth-order valence-electron chi connectivity index (χ4n) is 3.38. The third-order valence-corrected chi connectivity index (χ3v) is 5.97. The van der Waals surface area contributed by atoms with Crippen LogP contribution in [-0.2, 0) is 0 Å². The van der Waals surface area contributed by atoms with Gasteiger partial charge >= 0.3 is 0 Å². The highest BCUT2D eigenvalue weighted by molar-refractivity contribution is 7.16. The van der Waals surface area contributed by atoms with Crippen molar-refractivity contribution in [3.05, 3.63) is 35.0 Å². The highest BCUT2D eigenvalue weighted by Crippen LogP contribution is 2.30. The van der Waals surface area contributed by atoms with E-state index in [1.165, 1.54) is 17.0 Å². The molecule has 0 unspecified atom stereocenters. The molecule has 4 nitrogen and oxygen atoms in total. The van der Waals surface area contributed by atoms with Crippen LogP contribution in [0.15, 0.2) is 24.4 Å². The molecule has 5 heteroatoms. The SMILES string of the molecule is C=C(CN(CC)CCC)N1CCN(c2nc3c(s2)C=CCC=C3)CC1. The molecule has 0 bridgehead atoms. The molecule has 0 aromatic carbocycles. The van der Waals surface area contributed by atoms with E-state index in [4.69, 9.17) is 4.98 Å². The summed E-state index contributed by atoms with van der Waals surface area (Å²) in [5, 5.41) is 1.16. The molecule has 1 fully saturated rings. The Hall–Kier alpha value is -1.59. The molecule has 0 atom stereocenters. The zero-order valence-corrected chi connectivity index (χ0v) is 16.4. The molecule has 0 amide bonds. The second-order valence-corrected chi connectivity index (χ2v) is 7.70. The zero-order valence-electron chi connectivity index (χ0n) is 15.6. The molecule has 1 saturated heterocycles. The standard InChI is InChI=1S/C20H30N4S/c1-4-11-22(5-2)16-17(3)23-12-14-24(15-13-23)20-21-18-9-7-6-8-10-19(18)25-20/h7-10H,3-6,11-16H2,1-2H3. The van der Waals surface area contributed by atoms with Crippen LogP contribution >= 0.6 is 11.3 Å². The Balaban J connectivity index is 1.55. The van der Waals surface area contributed by atoms with Gasteiger partial charge in [-0.3, -0.25) is 4.90 Å². The lowest BCUT2D eigenvalue weighted by Crippen LogP contribution is -2.47. The number of piperazine rings is 1. The van der Waals surface area contributed by atoms with Crippen LogP contribution in [0.1, 0.15) is 37.3 Å².